The SMILES string of the molecule is CCCCOCCn1nc(C(=O)O)c2c(C)onc2c1=O. The van der Waals surface area contributed by atoms with Crippen molar-refractivity contribution in [3.8, 4) is 0 Å². The zero-order valence-corrected chi connectivity index (χ0v) is 12.0. The van der Waals surface area contributed by atoms with Gasteiger partial charge >= 0.3 is 5.97 Å². The first-order valence-electron chi connectivity index (χ1n) is 6.74. The van der Waals surface area contributed by atoms with Gasteiger partial charge in [-0.1, -0.05) is 18.5 Å². The number of unbranched alkanes of at least 4 members (excludes halogenated alkanes) is 1. The third-order valence-electron chi connectivity index (χ3n) is 3.05. The lowest BCUT2D eigenvalue weighted by Crippen LogP contribution is -2.28. The third kappa shape index (κ3) is 3.10. The van der Waals surface area contributed by atoms with Crippen LogP contribution in [0.5, 0.6) is 0 Å². The van der Waals surface area contributed by atoms with Gasteiger partial charge in [-0.3, -0.25) is 4.79 Å². The van der Waals surface area contributed by atoms with E-state index in [9.17, 15) is 14.7 Å². The van der Waals surface area contributed by atoms with E-state index in [0.29, 0.717) is 6.61 Å². The molecule has 2 rings (SSSR count). The average molecular weight is 295 g/mol. The summed E-state index contributed by atoms with van der Waals surface area (Å²) in [6.07, 6.45) is 1.95. The zero-order chi connectivity index (χ0) is 15.4. The minimum Gasteiger partial charge on any atom is -0.476 e. The predicted molar refractivity (Wildman–Crippen MR) is 73.5 cm³/mol. The number of nitrogens with zero attached hydrogens (tertiary/aromatic N) is 3. The molecule has 2 heterocycles. The molecule has 2 aromatic heterocycles. The maximum Gasteiger partial charge on any atom is 0.357 e. The third-order valence-corrected chi connectivity index (χ3v) is 3.05. The van der Waals surface area contributed by atoms with E-state index in [1.165, 1.54) is 0 Å². The van der Waals surface area contributed by atoms with Gasteiger partial charge in [0.25, 0.3) is 5.56 Å². The number of aryl methyl sites for hydroxylation is 1. The molecular weight excluding hydrogens is 278 g/mol. The Kier molecular flexibility index (Phi) is 4.69. The van der Waals surface area contributed by atoms with Crippen molar-refractivity contribution in [2.75, 3.05) is 13.2 Å². The second-order valence-electron chi connectivity index (χ2n) is 4.61. The highest BCUT2D eigenvalue weighted by Crippen LogP contribution is 2.17. The fourth-order valence-electron chi connectivity index (χ4n) is 1.94. The van der Waals surface area contributed by atoms with E-state index in [4.69, 9.17) is 9.26 Å². The van der Waals surface area contributed by atoms with Gasteiger partial charge in [0.1, 0.15) is 5.76 Å². The molecule has 114 valence electrons. The summed E-state index contributed by atoms with van der Waals surface area (Å²) < 4.78 is 11.3. The van der Waals surface area contributed by atoms with Crippen molar-refractivity contribution in [3.05, 3.63) is 21.8 Å². The number of ether oxygens (including phenoxy) is 1. The molecule has 0 saturated heterocycles. The molecule has 8 heteroatoms. The first-order chi connectivity index (χ1) is 10.1. The van der Waals surface area contributed by atoms with Crippen LogP contribution in [0.4, 0.5) is 0 Å². The van der Waals surface area contributed by atoms with E-state index >= 15 is 0 Å². The van der Waals surface area contributed by atoms with Crippen LogP contribution in [-0.4, -0.2) is 39.2 Å². The van der Waals surface area contributed by atoms with Crippen molar-refractivity contribution in [1.29, 1.82) is 0 Å². The lowest BCUT2D eigenvalue weighted by atomic mass is 10.2. The van der Waals surface area contributed by atoms with Gasteiger partial charge in [0, 0.05) is 6.61 Å². The van der Waals surface area contributed by atoms with E-state index in [1.54, 1.807) is 6.92 Å². The zero-order valence-electron chi connectivity index (χ0n) is 12.0. The van der Waals surface area contributed by atoms with Gasteiger partial charge in [0.05, 0.1) is 18.5 Å². The number of carbonyl (C=O) groups is 1. The Balaban J connectivity index is 2.30. The molecule has 0 bridgehead atoms. The summed E-state index contributed by atoms with van der Waals surface area (Å²) in [7, 11) is 0. The second kappa shape index (κ2) is 6.49. The predicted octanol–water partition coefficient (Wildman–Crippen LogP) is 1.21. The van der Waals surface area contributed by atoms with Crippen molar-refractivity contribution in [3.63, 3.8) is 0 Å². The summed E-state index contributed by atoms with van der Waals surface area (Å²) in [4.78, 5) is 23.4. The standard InChI is InChI=1S/C13H17N3O5/c1-3-4-6-20-7-5-16-12(17)10-9(8(2)21-15-10)11(14-16)13(18)19/h3-7H2,1-2H3,(H,18,19). The summed E-state index contributed by atoms with van der Waals surface area (Å²) in [6, 6.07) is 0. The number of carboxylic acids is 1. The number of fused-ring (bicyclic) bond motifs is 1. The van der Waals surface area contributed by atoms with Crippen molar-refractivity contribution < 1.29 is 19.2 Å². The van der Waals surface area contributed by atoms with Gasteiger partial charge in [-0.25, -0.2) is 9.48 Å². The van der Waals surface area contributed by atoms with Gasteiger partial charge in [-0.05, 0) is 13.3 Å². The highest BCUT2D eigenvalue weighted by Gasteiger charge is 2.21. The van der Waals surface area contributed by atoms with Crippen molar-refractivity contribution in [2.45, 2.75) is 33.2 Å². The van der Waals surface area contributed by atoms with Crippen LogP contribution in [0.3, 0.4) is 0 Å². The number of hydrogen-bond donors (Lipinski definition) is 1. The molecule has 0 fully saturated rings. The molecular formula is C13H17N3O5. The maximum absolute atomic E-state index is 12.2. The molecule has 8 nitrogen and oxygen atoms in total. The first kappa shape index (κ1) is 15.2. The van der Waals surface area contributed by atoms with E-state index in [0.717, 1.165) is 17.5 Å². The fourth-order valence-corrected chi connectivity index (χ4v) is 1.94. The van der Waals surface area contributed by atoms with Crippen LogP contribution in [0.1, 0.15) is 36.0 Å². The number of carboxylic acid groups (broad SMARTS) is 1. The van der Waals surface area contributed by atoms with Gasteiger partial charge < -0.3 is 14.4 Å². The molecule has 1 N–H and O–H groups in total. The number of aromatic carboxylic acids is 1. The molecule has 0 atom stereocenters. The Bertz CT molecular complexity index is 704. The molecule has 0 spiro atoms. The summed E-state index contributed by atoms with van der Waals surface area (Å²) in [5.74, 6) is -0.967. The molecule has 0 aliphatic heterocycles. The van der Waals surface area contributed by atoms with Crippen LogP contribution in [0, 0.1) is 6.92 Å². The summed E-state index contributed by atoms with van der Waals surface area (Å²) in [5.41, 5.74) is -0.740. The molecule has 0 aliphatic rings. The highest BCUT2D eigenvalue weighted by molar-refractivity contribution is 6.00. The fraction of sp³-hybridized carbons (Fsp3) is 0.538. The molecule has 21 heavy (non-hydrogen) atoms. The Morgan fingerprint density at radius 3 is 2.86 bits per heavy atom. The lowest BCUT2D eigenvalue weighted by Gasteiger charge is -2.07. The van der Waals surface area contributed by atoms with Crippen LogP contribution < -0.4 is 5.56 Å². The Morgan fingerprint density at radius 2 is 2.19 bits per heavy atom. The molecule has 0 saturated carbocycles. The Morgan fingerprint density at radius 1 is 1.43 bits per heavy atom. The van der Waals surface area contributed by atoms with Crippen LogP contribution >= 0.6 is 0 Å². The highest BCUT2D eigenvalue weighted by atomic mass is 16.5. The van der Waals surface area contributed by atoms with Gasteiger partial charge in [-0.15, -0.1) is 0 Å². The molecule has 0 radical (unpaired) electrons. The largest absolute Gasteiger partial charge is 0.476 e. The lowest BCUT2D eigenvalue weighted by molar-refractivity contribution is 0.0687. The monoisotopic (exact) mass is 295 g/mol. The number of rotatable bonds is 7. The number of aromatic nitrogens is 3. The molecule has 0 unspecified atom stereocenters. The Labute approximate surface area is 120 Å². The Hall–Kier alpha value is -2.22. The van der Waals surface area contributed by atoms with Crippen molar-refractivity contribution in [2.24, 2.45) is 0 Å². The summed E-state index contributed by atoms with van der Waals surface area (Å²) in [6.45, 7) is 4.65. The smallest absolute Gasteiger partial charge is 0.357 e. The van der Waals surface area contributed by atoms with Crippen molar-refractivity contribution >= 4 is 16.9 Å². The van der Waals surface area contributed by atoms with Gasteiger partial charge in [0.2, 0.25) is 0 Å². The summed E-state index contributed by atoms with van der Waals surface area (Å²) >= 11 is 0. The van der Waals surface area contributed by atoms with Crippen LogP contribution in [0.15, 0.2) is 9.32 Å². The minimum atomic E-state index is -1.23. The van der Waals surface area contributed by atoms with E-state index in [1.807, 2.05) is 0 Å². The van der Waals surface area contributed by atoms with Gasteiger partial charge in [0.15, 0.2) is 11.2 Å². The quantitative estimate of drug-likeness (QED) is 0.765. The molecule has 0 amide bonds. The normalized spacial score (nSPS) is 11.1. The van der Waals surface area contributed by atoms with Crippen LogP contribution in [0.2, 0.25) is 0 Å². The maximum atomic E-state index is 12.2. The average Bonchev–Trinajstić information content (AvgIpc) is 2.83. The van der Waals surface area contributed by atoms with E-state index in [2.05, 4.69) is 17.2 Å². The van der Waals surface area contributed by atoms with E-state index in [-0.39, 0.29) is 35.5 Å². The molecule has 0 aliphatic carbocycles. The first-order valence-corrected chi connectivity index (χ1v) is 6.74. The number of hydrogen-bond acceptors (Lipinski definition) is 6. The van der Waals surface area contributed by atoms with E-state index < -0.39 is 11.5 Å². The molecule has 0 aromatic carbocycles. The second-order valence-corrected chi connectivity index (χ2v) is 4.61. The topological polar surface area (TPSA) is 107 Å². The van der Waals surface area contributed by atoms with Crippen LogP contribution in [-0.2, 0) is 11.3 Å². The van der Waals surface area contributed by atoms with Gasteiger partial charge in [-0.2, -0.15) is 5.10 Å². The minimum absolute atomic E-state index is 0.0199. The van der Waals surface area contributed by atoms with Crippen molar-refractivity contribution in [1.82, 2.24) is 14.9 Å². The van der Waals surface area contributed by atoms with Crippen LogP contribution in [0.25, 0.3) is 10.9 Å². The summed E-state index contributed by atoms with van der Waals surface area (Å²) in [5, 5.41) is 16.9. The molecule has 2 aromatic rings.